The molecule has 0 fully saturated rings. The van der Waals surface area contributed by atoms with Gasteiger partial charge in [-0.2, -0.15) is 12.6 Å². The van der Waals surface area contributed by atoms with Gasteiger partial charge < -0.3 is 0 Å². The summed E-state index contributed by atoms with van der Waals surface area (Å²) in [5.74, 6) is 3.52. The maximum Gasteiger partial charge on any atom is 0.0314 e. The number of benzene rings is 1. The number of thiol groups is 1. The average Bonchev–Trinajstić information content (AvgIpc) is 2.16. The SMILES string of the molecule is C#Cc1c(C)c(I)c(C)c(CS)c1C. The Labute approximate surface area is 105 Å². The van der Waals surface area contributed by atoms with Crippen molar-refractivity contribution in [3.05, 3.63) is 31.4 Å². The highest BCUT2D eigenvalue weighted by atomic mass is 127. The van der Waals surface area contributed by atoms with Crippen molar-refractivity contribution in [1.29, 1.82) is 0 Å². The first-order valence-electron chi connectivity index (χ1n) is 4.40. The van der Waals surface area contributed by atoms with Crippen LogP contribution in [0.1, 0.15) is 27.8 Å². The molecular weight excluding hydrogens is 303 g/mol. The van der Waals surface area contributed by atoms with E-state index in [1.165, 1.54) is 25.8 Å². The van der Waals surface area contributed by atoms with E-state index >= 15 is 0 Å². The quantitative estimate of drug-likeness (QED) is 0.457. The van der Waals surface area contributed by atoms with Crippen molar-refractivity contribution in [1.82, 2.24) is 0 Å². The van der Waals surface area contributed by atoms with E-state index in [0.29, 0.717) is 0 Å². The second-order valence-electron chi connectivity index (χ2n) is 3.34. The Balaban J connectivity index is 3.67. The first kappa shape index (κ1) is 11.9. The fourth-order valence-electron chi connectivity index (χ4n) is 1.69. The van der Waals surface area contributed by atoms with E-state index in [4.69, 9.17) is 6.42 Å². The summed E-state index contributed by atoms with van der Waals surface area (Å²) in [5, 5.41) is 0. The molecule has 2 heteroatoms. The van der Waals surface area contributed by atoms with Gasteiger partial charge in [-0.3, -0.25) is 0 Å². The fourth-order valence-corrected chi connectivity index (χ4v) is 2.76. The normalized spacial score (nSPS) is 10.0. The van der Waals surface area contributed by atoms with Crippen LogP contribution in [0.15, 0.2) is 0 Å². The van der Waals surface area contributed by atoms with Crippen LogP contribution >= 0.6 is 35.2 Å². The van der Waals surface area contributed by atoms with Gasteiger partial charge in [-0.05, 0) is 65.6 Å². The zero-order valence-electron chi connectivity index (χ0n) is 8.61. The zero-order valence-corrected chi connectivity index (χ0v) is 11.7. The molecule has 0 aliphatic heterocycles. The molecule has 14 heavy (non-hydrogen) atoms. The van der Waals surface area contributed by atoms with Crippen LogP contribution in [0.5, 0.6) is 0 Å². The average molecular weight is 316 g/mol. The molecule has 0 bridgehead atoms. The second kappa shape index (κ2) is 4.59. The summed E-state index contributed by atoms with van der Waals surface area (Å²) in [4.78, 5) is 0. The lowest BCUT2D eigenvalue weighted by Gasteiger charge is -2.15. The topological polar surface area (TPSA) is 0 Å². The summed E-state index contributed by atoms with van der Waals surface area (Å²) in [6.45, 7) is 6.30. The van der Waals surface area contributed by atoms with Gasteiger partial charge in [0.2, 0.25) is 0 Å². The third-order valence-electron chi connectivity index (χ3n) is 2.62. The van der Waals surface area contributed by atoms with Crippen LogP contribution in [0.4, 0.5) is 0 Å². The van der Waals surface area contributed by atoms with Crippen molar-refractivity contribution < 1.29 is 0 Å². The number of halogens is 1. The Morgan fingerprint density at radius 3 is 2.21 bits per heavy atom. The van der Waals surface area contributed by atoms with Crippen molar-refractivity contribution in [3.8, 4) is 12.3 Å². The molecule has 0 saturated heterocycles. The maximum absolute atomic E-state index is 5.52. The van der Waals surface area contributed by atoms with Crippen LogP contribution in [-0.4, -0.2) is 0 Å². The molecule has 0 spiro atoms. The van der Waals surface area contributed by atoms with Gasteiger partial charge in [-0.25, -0.2) is 0 Å². The van der Waals surface area contributed by atoms with E-state index in [0.717, 1.165) is 11.3 Å². The molecule has 74 valence electrons. The van der Waals surface area contributed by atoms with Gasteiger partial charge in [-0.1, -0.05) is 5.92 Å². The van der Waals surface area contributed by atoms with Gasteiger partial charge in [0, 0.05) is 14.9 Å². The molecule has 1 aromatic rings. The van der Waals surface area contributed by atoms with E-state index in [-0.39, 0.29) is 0 Å². The first-order chi connectivity index (χ1) is 6.54. The molecule has 0 aliphatic rings. The second-order valence-corrected chi connectivity index (χ2v) is 4.74. The molecule has 0 amide bonds. The monoisotopic (exact) mass is 316 g/mol. The van der Waals surface area contributed by atoms with E-state index in [2.05, 4.69) is 61.9 Å². The Hall–Kier alpha value is -0.140. The van der Waals surface area contributed by atoms with Gasteiger partial charge >= 0.3 is 0 Å². The largest absolute Gasteiger partial charge is 0.175 e. The minimum atomic E-state index is 0.753. The fraction of sp³-hybridized carbons (Fsp3) is 0.333. The summed E-state index contributed by atoms with van der Waals surface area (Å²) in [5.41, 5.74) is 6.04. The third-order valence-corrected chi connectivity index (χ3v) is 4.55. The van der Waals surface area contributed by atoms with Gasteiger partial charge in [0.1, 0.15) is 0 Å². The third kappa shape index (κ3) is 1.80. The van der Waals surface area contributed by atoms with Gasteiger partial charge in [0.05, 0.1) is 0 Å². The van der Waals surface area contributed by atoms with E-state index in [1.807, 2.05) is 0 Å². The highest BCUT2D eigenvalue weighted by Crippen LogP contribution is 2.28. The zero-order chi connectivity index (χ0) is 10.9. The molecule has 1 rings (SSSR count). The first-order valence-corrected chi connectivity index (χ1v) is 6.11. The van der Waals surface area contributed by atoms with Crippen LogP contribution in [0.3, 0.4) is 0 Å². The number of terminal acetylenes is 1. The molecule has 0 saturated carbocycles. The number of hydrogen-bond acceptors (Lipinski definition) is 1. The number of rotatable bonds is 1. The minimum absolute atomic E-state index is 0.753. The van der Waals surface area contributed by atoms with Crippen molar-refractivity contribution in [3.63, 3.8) is 0 Å². The molecular formula is C12H13IS. The molecule has 0 nitrogen and oxygen atoms in total. The lowest BCUT2D eigenvalue weighted by atomic mass is 9.95. The highest BCUT2D eigenvalue weighted by Gasteiger charge is 2.12. The van der Waals surface area contributed by atoms with Crippen molar-refractivity contribution in [2.75, 3.05) is 0 Å². The molecule has 0 atom stereocenters. The van der Waals surface area contributed by atoms with Crippen LogP contribution < -0.4 is 0 Å². The van der Waals surface area contributed by atoms with Crippen LogP contribution in [-0.2, 0) is 5.75 Å². The Bertz CT molecular complexity index is 411. The molecule has 0 unspecified atom stereocenters. The van der Waals surface area contributed by atoms with Crippen LogP contribution in [0, 0.1) is 36.7 Å². The summed E-state index contributed by atoms with van der Waals surface area (Å²) in [6.07, 6.45) is 5.52. The summed E-state index contributed by atoms with van der Waals surface area (Å²) < 4.78 is 1.27. The van der Waals surface area contributed by atoms with E-state index in [9.17, 15) is 0 Å². The molecule has 0 aliphatic carbocycles. The van der Waals surface area contributed by atoms with Crippen LogP contribution in [0.2, 0.25) is 0 Å². The van der Waals surface area contributed by atoms with Crippen molar-refractivity contribution >= 4 is 35.2 Å². The molecule has 0 N–H and O–H groups in total. The van der Waals surface area contributed by atoms with Crippen LogP contribution in [0.25, 0.3) is 0 Å². The molecule has 1 aromatic carbocycles. The summed E-state index contributed by atoms with van der Waals surface area (Å²) >= 11 is 6.70. The maximum atomic E-state index is 5.52. The van der Waals surface area contributed by atoms with E-state index in [1.54, 1.807) is 0 Å². The summed E-state index contributed by atoms with van der Waals surface area (Å²) in [6, 6.07) is 0. The Morgan fingerprint density at radius 2 is 1.79 bits per heavy atom. The Morgan fingerprint density at radius 1 is 1.21 bits per heavy atom. The highest BCUT2D eigenvalue weighted by molar-refractivity contribution is 14.1. The summed E-state index contributed by atoms with van der Waals surface area (Å²) in [7, 11) is 0. The standard InChI is InChI=1S/C12H13IS/c1-5-10-7(2)11(6-14)9(4)12(13)8(10)3/h1,14H,6H2,2-4H3. The van der Waals surface area contributed by atoms with Gasteiger partial charge in [0.15, 0.2) is 0 Å². The predicted molar refractivity (Wildman–Crippen MR) is 74.0 cm³/mol. The number of hydrogen-bond donors (Lipinski definition) is 1. The lowest BCUT2D eigenvalue weighted by molar-refractivity contribution is 1.18. The van der Waals surface area contributed by atoms with Crippen molar-refractivity contribution in [2.24, 2.45) is 0 Å². The molecule has 0 aromatic heterocycles. The van der Waals surface area contributed by atoms with Crippen molar-refractivity contribution in [2.45, 2.75) is 26.5 Å². The molecule has 0 radical (unpaired) electrons. The predicted octanol–water partition coefficient (Wildman–Crippen LogP) is 3.63. The lowest BCUT2D eigenvalue weighted by Crippen LogP contribution is -2.01. The van der Waals surface area contributed by atoms with Gasteiger partial charge in [-0.15, -0.1) is 6.42 Å². The van der Waals surface area contributed by atoms with Gasteiger partial charge in [0.25, 0.3) is 0 Å². The smallest absolute Gasteiger partial charge is 0.0314 e. The minimum Gasteiger partial charge on any atom is -0.175 e. The van der Waals surface area contributed by atoms with E-state index < -0.39 is 0 Å². The Kier molecular flexibility index (Phi) is 3.91. The molecule has 0 heterocycles.